The molecule has 0 aliphatic rings. The third-order valence-corrected chi connectivity index (χ3v) is 3.84. The number of halogens is 1. The highest BCUT2D eigenvalue weighted by atomic mass is 35.5. The van der Waals surface area contributed by atoms with Gasteiger partial charge in [0.1, 0.15) is 5.01 Å². The van der Waals surface area contributed by atoms with Gasteiger partial charge in [0.2, 0.25) is 0 Å². The zero-order chi connectivity index (χ0) is 13.8. The number of carbonyl (C=O) groups excluding carboxylic acids is 1. The summed E-state index contributed by atoms with van der Waals surface area (Å²) < 4.78 is 11.4. The van der Waals surface area contributed by atoms with E-state index in [1.54, 1.807) is 18.0 Å². The lowest BCUT2D eigenvalue weighted by molar-refractivity contribution is 0.0606. The van der Waals surface area contributed by atoms with Crippen molar-refractivity contribution in [2.75, 3.05) is 20.8 Å². The van der Waals surface area contributed by atoms with Crippen LogP contribution in [0.5, 0.6) is 0 Å². The molecule has 0 amide bonds. The summed E-state index contributed by atoms with van der Waals surface area (Å²) >= 11 is 7.11. The first kappa shape index (κ1) is 14.0. The van der Waals surface area contributed by atoms with Crippen LogP contribution in [0.2, 0.25) is 5.15 Å². The molecule has 2 aromatic rings. The molecule has 6 nitrogen and oxygen atoms in total. The van der Waals surface area contributed by atoms with Gasteiger partial charge in [0.05, 0.1) is 26.0 Å². The maximum absolute atomic E-state index is 11.5. The van der Waals surface area contributed by atoms with Crippen molar-refractivity contribution in [3.63, 3.8) is 0 Å². The van der Waals surface area contributed by atoms with Crippen LogP contribution in [0, 0.1) is 0 Å². The topological polar surface area (TPSA) is 66.2 Å². The van der Waals surface area contributed by atoms with Crippen LogP contribution >= 0.6 is 22.9 Å². The van der Waals surface area contributed by atoms with Gasteiger partial charge in [-0.15, -0.1) is 11.3 Å². The van der Waals surface area contributed by atoms with Gasteiger partial charge in [0.15, 0.2) is 10.0 Å². The third-order valence-electron chi connectivity index (χ3n) is 2.40. The smallest absolute Gasteiger partial charge is 0.351 e. The van der Waals surface area contributed by atoms with Crippen molar-refractivity contribution < 1.29 is 14.3 Å². The molecule has 0 saturated carbocycles. The number of hydrogen-bond acceptors (Lipinski definition) is 6. The molecule has 0 atom stereocenters. The van der Waals surface area contributed by atoms with Gasteiger partial charge in [-0.1, -0.05) is 11.6 Å². The number of ether oxygens (including phenoxy) is 2. The fourth-order valence-electron chi connectivity index (χ4n) is 1.50. The second kappa shape index (κ2) is 6.14. The number of hydrogen-bond donors (Lipinski definition) is 0. The van der Waals surface area contributed by atoms with Gasteiger partial charge in [0, 0.05) is 13.3 Å². The minimum atomic E-state index is -0.489. The zero-order valence-corrected chi connectivity index (χ0v) is 12.0. The van der Waals surface area contributed by atoms with Crippen molar-refractivity contribution in [3.05, 3.63) is 22.3 Å². The first-order valence-corrected chi connectivity index (χ1v) is 6.62. The maximum atomic E-state index is 11.5. The molecule has 0 N–H and O–H groups in total. The number of esters is 1. The summed E-state index contributed by atoms with van der Waals surface area (Å²) in [5.41, 5.74) is 0.791. The SMILES string of the molecule is COCCn1nccc1-c1nc(Cl)c(C(=O)OC)s1. The summed E-state index contributed by atoms with van der Waals surface area (Å²) in [5.74, 6) is -0.489. The summed E-state index contributed by atoms with van der Waals surface area (Å²) in [6.07, 6.45) is 1.66. The van der Waals surface area contributed by atoms with Gasteiger partial charge in [-0.25, -0.2) is 9.78 Å². The second-order valence-electron chi connectivity index (χ2n) is 3.56. The van der Waals surface area contributed by atoms with E-state index in [1.165, 1.54) is 18.4 Å². The fraction of sp³-hybridized carbons (Fsp3) is 0.364. The summed E-state index contributed by atoms with van der Waals surface area (Å²) in [7, 11) is 2.93. The Morgan fingerprint density at radius 2 is 2.32 bits per heavy atom. The van der Waals surface area contributed by atoms with Crippen molar-refractivity contribution >= 4 is 28.9 Å². The van der Waals surface area contributed by atoms with Gasteiger partial charge < -0.3 is 9.47 Å². The first-order chi connectivity index (χ1) is 9.17. The number of methoxy groups -OCH3 is 2. The molecule has 2 rings (SSSR count). The van der Waals surface area contributed by atoms with Gasteiger partial charge in [0.25, 0.3) is 0 Å². The first-order valence-electron chi connectivity index (χ1n) is 5.43. The van der Waals surface area contributed by atoms with Gasteiger partial charge in [-0.2, -0.15) is 5.10 Å². The van der Waals surface area contributed by atoms with E-state index < -0.39 is 5.97 Å². The van der Waals surface area contributed by atoms with Crippen LogP contribution in [0.25, 0.3) is 10.7 Å². The Morgan fingerprint density at radius 1 is 1.53 bits per heavy atom. The van der Waals surface area contributed by atoms with E-state index in [4.69, 9.17) is 16.3 Å². The molecule has 0 aliphatic heterocycles. The lowest BCUT2D eigenvalue weighted by Gasteiger charge is -2.03. The molecule has 0 spiro atoms. The Morgan fingerprint density at radius 3 is 3.00 bits per heavy atom. The Hall–Kier alpha value is -1.44. The van der Waals surface area contributed by atoms with E-state index in [1.807, 2.05) is 6.07 Å². The van der Waals surface area contributed by atoms with Gasteiger partial charge >= 0.3 is 5.97 Å². The Labute approximate surface area is 118 Å². The Balaban J connectivity index is 2.32. The fourth-order valence-corrected chi connectivity index (χ4v) is 2.73. The van der Waals surface area contributed by atoms with Crippen molar-refractivity contribution in [1.82, 2.24) is 14.8 Å². The average Bonchev–Trinajstić information content (AvgIpc) is 3.01. The number of carbonyl (C=O) groups is 1. The molecule has 8 heteroatoms. The zero-order valence-electron chi connectivity index (χ0n) is 10.4. The van der Waals surface area contributed by atoms with E-state index in [0.717, 1.165) is 5.69 Å². The highest BCUT2D eigenvalue weighted by Gasteiger charge is 2.19. The quantitative estimate of drug-likeness (QED) is 0.791. The third kappa shape index (κ3) is 2.94. The van der Waals surface area contributed by atoms with Crippen molar-refractivity contribution in [2.24, 2.45) is 0 Å². The molecule has 0 bridgehead atoms. The minimum absolute atomic E-state index is 0.145. The average molecular weight is 302 g/mol. The molecule has 0 unspecified atom stereocenters. The summed E-state index contributed by atoms with van der Waals surface area (Å²) in [4.78, 5) is 16.0. The number of aromatic nitrogens is 3. The van der Waals surface area contributed by atoms with Crippen molar-refractivity contribution in [1.29, 1.82) is 0 Å². The van der Waals surface area contributed by atoms with Crippen LogP contribution in [-0.2, 0) is 16.0 Å². The van der Waals surface area contributed by atoms with Crippen molar-refractivity contribution in [3.8, 4) is 10.7 Å². The molecule has 102 valence electrons. The minimum Gasteiger partial charge on any atom is -0.465 e. The molecule has 2 heterocycles. The predicted molar refractivity (Wildman–Crippen MR) is 71.6 cm³/mol. The summed E-state index contributed by atoms with van der Waals surface area (Å²) in [6.45, 7) is 1.14. The molecule has 0 saturated heterocycles. The van der Waals surface area contributed by atoms with E-state index in [2.05, 4.69) is 14.8 Å². The molecule has 0 aromatic carbocycles. The lowest BCUT2D eigenvalue weighted by Crippen LogP contribution is -2.06. The predicted octanol–water partition coefficient (Wildman–Crippen LogP) is 2.09. The van der Waals surface area contributed by atoms with Crippen LogP contribution < -0.4 is 0 Å². The van der Waals surface area contributed by atoms with Crippen LogP contribution in [0.1, 0.15) is 9.67 Å². The van der Waals surface area contributed by atoms with Crippen LogP contribution in [0.3, 0.4) is 0 Å². The molecule has 0 radical (unpaired) electrons. The van der Waals surface area contributed by atoms with E-state index in [0.29, 0.717) is 23.0 Å². The molecule has 0 fully saturated rings. The largest absolute Gasteiger partial charge is 0.465 e. The van der Waals surface area contributed by atoms with E-state index in [9.17, 15) is 4.79 Å². The summed E-state index contributed by atoms with van der Waals surface area (Å²) in [5, 5.41) is 4.95. The standard InChI is InChI=1S/C11H12ClN3O3S/c1-17-6-5-15-7(3-4-13-15)10-14-9(12)8(19-10)11(16)18-2/h3-4H,5-6H2,1-2H3. The molecular weight excluding hydrogens is 290 g/mol. The molecule has 0 aliphatic carbocycles. The van der Waals surface area contributed by atoms with E-state index >= 15 is 0 Å². The Bertz CT molecular complexity index is 582. The van der Waals surface area contributed by atoms with Crippen LogP contribution in [-0.4, -0.2) is 41.6 Å². The number of thiazole rings is 1. The molecule has 19 heavy (non-hydrogen) atoms. The van der Waals surface area contributed by atoms with Gasteiger partial charge in [-0.05, 0) is 6.07 Å². The Kier molecular flexibility index (Phi) is 4.52. The second-order valence-corrected chi connectivity index (χ2v) is 4.92. The monoisotopic (exact) mass is 301 g/mol. The van der Waals surface area contributed by atoms with E-state index in [-0.39, 0.29) is 5.15 Å². The number of rotatable bonds is 5. The lowest BCUT2D eigenvalue weighted by atomic mass is 10.4. The highest BCUT2D eigenvalue weighted by molar-refractivity contribution is 7.17. The highest BCUT2D eigenvalue weighted by Crippen LogP contribution is 2.31. The summed E-state index contributed by atoms with van der Waals surface area (Å²) in [6, 6.07) is 1.81. The maximum Gasteiger partial charge on any atom is 0.351 e. The molecule has 2 aromatic heterocycles. The molecular formula is C11H12ClN3O3S. The van der Waals surface area contributed by atoms with Crippen LogP contribution in [0.15, 0.2) is 12.3 Å². The number of nitrogens with zero attached hydrogens (tertiary/aromatic N) is 3. The normalized spacial score (nSPS) is 10.7. The van der Waals surface area contributed by atoms with Gasteiger partial charge in [-0.3, -0.25) is 4.68 Å². The van der Waals surface area contributed by atoms with Crippen LogP contribution in [0.4, 0.5) is 0 Å². The van der Waals surface area contributed by atoms with Crippen molar-refractivity contribution in [2.45, 2.75) is 6.54 Å².